The summed E-state index contributed by atoms with van der Waals surface area (Å²) >= 11 is 0. The molecule has 152 valence electrons. The van der Waals surface area contributed by atoms with Crippen LogP contribution in [0.3, 0.4) is 0 Å². The Kier molecular flexibility index (Phi) is 6.03. The summed E-state index contributed by atoms with van der Waals surface area (Å²) in [6.45, 7) is 2.51. The summed E-state index contributed by atoms with van der Waals surface area (Å²) in [6, 6.07) is 0. The van der Waals surface area contributed by atoms with Gasteiger partial charge >= 0.3 is 31.3 Å². The predicted octanol–water partition coefficient (Wildman–Crippen LogP) is 3.70. The van der Waals surface area contributed by atoms with E-state index in [1.54, 1.807) is 0 Å². The molecule has 0 saturated carbocycles. The number of halogens is 6. The summed E-state index contributed by atoms with van der Waals surface area (Å²) in [6.07, 6.45) is 1.28. The first-order valence-corrected chi connectivity index (χ1v) is 9.72. The van der Waals surface area contributed by atoms with Gasteiger partial charge in [-0.1, -0.05) is 13.3 Å². The van der Waals surface area contributed by atoms with Crippen molar-refractivity contribution in [2.45, 2.75) is 44.1 Å². The Balaban J connectivity index is 3.32. The highest BCUT2D eigenvalue weighted by Gasteiger charge is 2.54. The van der Waals surface area contributed by atoms with Crippen LogP contribution in [-0.4, -0.2) is 27.9 Å². The van der Waals surface area contributed by atoms with E-state index in [-0.39, 0.29) is 12.8 Å². The van der Waals surface area contributed by atoms with Crippen LogP contribution in [0.5, 0.6) is 0 Å². The molecule has 0 spiro atoms. The van der Waals surface area contributed by atoms with Gasteiger partial charge in [-0.2, -0.15) is 43.2 Å². The zero-order chi connectivity index (χ0) is 20.6. The molecule has 0 fully saturated rings. The topological polar surface area (TPSA) is 86.7 Å². The van der Waals surface area contributed by atoms with Crippen molar-refractivity contribution in [2.24, 2.45) is 5.41 Å². The Labute approximate surface area is 145 Å². The highest BCUT2D eigenvalue weighted by molar-refractivity contribution is 7.88. The molecule has 0 amide bonds. The normalized spacial score (nSPS) is 18.8. The molecule has 26 heavy (non-hydrogen) atoms. The molecular weight excluding hydrogens is 418 g/mol. The van der Waals surface area contributed by atoms with E-state index in [1.807, 2.05) is 0 Å². The number of hydrogen-bond acceptors (Lipinski definition) is 6. The zero-order valence-corrected chi connectivity index (χ0v) is 14.9. The molecule has 0 saturated heterocycles. The third kappa shape index (κ3) is 4.45. The molecule has 1 aliphatic rings. The van der Waals surface area contributed by atoms with Crippen LogP contribution in [-0.2, 0) is 28.6 Å². The fraction of sp³-hybridized carbons (Fsp3) is 0.667. The molecule has 0 heterocycles. The van der Waals surface area contributed by atoms with Gasteiger partial charge in [0.15, 0.2) is 0 Å². The number of alkyl halides is 6. The van der Waals surface area contributed by atoms with Crippen molar-refractivity contribution in [1.29, 1.82) is 0 Å². The summed E-state index contributed by atoms with van der Waals surface area (Å²) in [4.78, 5) is 0. The third-order valence-corrected chi connectivity index (χ3v) is 5.34. The Morgan fingerprint density at radius 2 is 1.27 bits per heavy atom. The van der Waals surface area contributed by atoms with Crippen molar-refractivity contribution >= 4 is 20.2 Å². The molecule has 6 nitrogen and oxygen atoms in total. The van der Waals surface area contributed by atoms with Crippen LogP contribution < -0.4 is 0 Å². The van der Waals surface area contributed by atoms with Crippen molar-refractivity contribution in [3.63, 3.8) is 0 Å². The van der Waals surface area contributed by atoms with Crippen molar-refractivity contribution in [3.8, 4) is 0 Å². The highest BCUT2D eigenvalue weighted by atomic mass is 32.2. The molecule has 1 rings (SSSR count). The maximum Gasteiger partial charge on any atom is 0.534 e. The van der Waals surface area contributed by atoms with E-state index >= 15 is 0 Å². The quantitative estimate of drug-likeness (QED) is 0.361. The average molecular weight is 432 g/mol. The lowest BCUT2D eigenvalue weighted by molar-refractivity contribution is -0.0547. The van der Waals surface area contributed by atoms with Crippen LogP contribution >= 0.6 is 0 Å². The predicted molar refractivity (Wildman–Crippen MR) is 75.9 cm³/mol. The van der Waals surface area contributed by atoms with Gasteiger partial charge in [0, 0.05) is 0 Å². The van der Waals surface area contributed by atoms with Crippen LogP contribution in [0.4, 0.5) is 26.3 Å². The Morgan fingerprint density at radius 1 is 0.923 bits per heavy atom. The van der Waals surface area contributed by atoms with Gasteiger partial charge in [-0.25, -0.2) is 0 Å². The molecule has 14 heteroatoms. The second-order valence-electron chi connectivity index (χ2n) is 5.42. The summed E-state index contributed by atoms with van der Waals surface area (Å²) in [5, 5.41) is 0. The first-order chi connectivity index (χ1) is 11.5. The van der Waals surface area contributed by atoms with Crippen molar-refractivity contribution in [3.05, 3.63) is 23.7 Å². The van der Waals surface area contributed by atoms with E-state index in [1.165, 1.54) is 6.92 Å². The molecule has 0 aliphatic heterocycles. The largest absolute Gasteiger partial charge is 0.534 e. The van der Waals surface area contributed by atoms with E-state index in [2.05, 4.69) is 8.37 Å². The molecule has 0 unspecified atom stereocenters. The highest BCUT2D eigenvalue weighted by Crippen LogP contribution is 2.47. The summed E-state index contributed by atoms with van der Waals surface area (Å²) in [5.74, 6) is -1.74. The molecular formula is C12H14F6O6S2. The Morgan fingerprint density at radius 3 is 1.54 bits per heavy atom. The maximum atomic E-state index is 12.5. The van der Waals surface area contributed by atoms with E-state index in [9.17, 15) is 43.2 Å². The van der Waals surface area contributed by atoms with Gasteiger partial charge in [-0.05, 0) is 31.9 Å². The molecule has 0 atom stereocenters. The van der Waals surface area contributed by atoms with Gasteiger partial charge in [0.25, 0.3) is 0 Å². The monoisotopic (exact) mass is 432 g/mol. The second kappa shape index (κ2) is 6.94. The lowest BCUT2D eigenvalue weighted by Crippen LogP contribution is -2.35. The molecule has 0 aromatic heterocycles. The summed E-state index contributed by atoms with van der Waals surface area (Å²) in [7, 11) is -12.2. The van der Waals surface area contributed by atoms with Crippen LogP contribution in [0.25, 0.3) is 0 Å². The van der Waals surface area contributed by atoms with Crippen LogP contribution in [0, 0.1) is 5.41 Å². The van der Waals surface area contributed by atoms with E-state index < -0.39 is 54.6 Å². The van der Waals surface area contributed by atoms with E-state index in [4.69, 9.17) is 0 Å². The van der Waals surface area contributed by atoms with Crippen LogP contribution in [0.2, 0.25) is 0 Å². The number of allylic oxidation sites excluding steroid dienone is 2. The molecule has 0 aromatic carbocycles. The third-order valence-electron chi connectivity index (χ3n) is 3.41. The van der Waals surface area contributed by atoms with Crippen molar-refractivity contribution in [1.82, 2.24) is 0 Å². The first-order valence-electron chi connectivity index (χ1n) is 6.90. The minimum atomic E-state index is -6.10. The summed E-state index contributed by atoms with van der Waals surface area (Å²) < 4.78 is 128. The van der Waals surface area contributed by atoms with Crippen molar-refractivity contribution in [2.75, 3.05) is 0 Å². The zero-order valence-electron chi connectivity index (χ0n) is 13.3. The number of hydrogen-bond donors (Lipinski definition) is 0. The minimum Gasteiger partial charge on any atom is -0.380 e. The van der Waals surface area contributed by atoms with Gasteiger partial charge < -0.3 is 8.37 Å². The smallest absolute Gasteiger partial charge is 0.380 e. The summed E-state index contributed by atoms with van der Waals surface area (Å²) in [5.41, 5.74) is -13.5. The molecule has 1 aliphatic carbocycles. The average Bonchev–Trinajstić information content (AvgIpc) is 2.41. The minimum absolute atomic E-state index is 0.135. The van der Waals surface area contributed by atoms with Gasteiger partial charge in [0.2, 0.25) is 0 Å². The second-order valence-corrected chi connectivity index (χ2v) is 8.50. The van der Waals surface area contributed by atoms with Crippen molar-refractivity contribution < 1.29 is 51.5 Å². The van der Waals surface area contributed by atoms with Gasteiger partial charge in [0.05, 0.1) is 5.41 Å². The fourth-order valence-electron chi connectivity index (χ4n) is 2.17. The van der Waals surface area contributed by atoms with Crippen LogP contribution in [0.1, 0.15) is 33.1 Å². The molecule has 0 N–H and O–H groups in total. The molecule has 0 bridgehead atoms. The van der Waals surface area contributed by atoms with E-state index in [0.717, 1.165) is 19.1 Å². The number of rotatable bonds is 6. The SMILES string of the molecule is CCCC1(C)C(OS(=O)(=O)C(F)(F)F)=CCC=C1OS(=O)(=O)C(F)(F)F. The Bertz CT molecular complexity index is 742. The Hall–Kier alpha value is -1.44. The van der Waals surface area contributed by atoms with Crippen LogP contribution in [0.15, 0.2) is 23.7 Å². The van der Waals surface area contributed by atoms with Gasteiger partial charge in [-0.3, -0.25) is 0 Å². The molecule has 0 aromatic rings. The van der Waals surface area contributed by atoms with E-state index in [0.29, 0.717) is 0 Å². The maximum absolute atomic E-state index is 12.5. The molecule has 0 radical (unpaired) electrons. The first kappa shape index (κ1) is 22.6. The lowest BCUT2D eigenvalue weighted by Gasteiger charge is -2.35. The lowest BCUT2D eigenvalue weighted by atomic mass is 9.78. The fourth-order valence-corrected chi connectivity index (χ4v) is 3.34. The van der Waals surface area contributed by atoms with Gasteiger partial charge in [0.1, 0.15) is 11.5 Å². The van der Waals surface area contributed by atoms with Gasteiger partial charge in [-0.15, -0.1) is 0 Å². The standard InChI is InChI=1S/C12H14F6O6S2/c1-3-7-10(2)8(23-25(19,20)11(13,14)15)5-4-6-9(10)24-26(21,22)12(16,17)18/h5-6H,3-4,7H2,1-2H3.